The van der Waals surface area contributed by atoms with Crippen LogP contribution in [-0.4, -0.2) is 71.6 Å². The SMILES string of the molecule is O=C(c1cccc(-c2cnc(=O)[nH]c2)c1)N1CCC[C@@H](CN2CCOCC2)C1. The number of benzene rings is 1. The van der Waals surface area contributed by atoms with Gasteiger partial charge in [0.1, 0.15) is 0 Å². The van der Waals surface area contributed by atoms with Crippen LogP contribution in [0.5, 0.6) is 0 Å². The van der Waals surface area contributed by atoms with Crippen molar-refractivity contribution in [1.29, 1.82) is 0 Å². The van der Waals surface area contributed by atoms with Gasteiger partial charge >= 0.3 is 5.69 Å². The highest BCUT2D eigenvalue weighted by atomic mass is 16.5. The van der Waals surface area contributed by atoms with Crippen molar-refractivity contribution in [2.75, 3.05) is 45.9 Å². The Labute approximate surface area is 164 Å². The molecule has 2 aliphatic heterocycles. The minimum Gasteiger partial charge on any atom is -0.379 e. The quantitative estimate of drug-likeness (QED) is 0.869. The molecular weight excluding hydrogens is 356 g/mol. The van der Waals surface area contributed by atoms with E-state index in [0.717, 1.165) is 63.5 Å². The van der Waals surface area contributed by atoms with Gasteiger partial charge in [0.05, 0.1) is 13.2 Å². The van der Waals surface area contributed by atoms with Crippen LogP contribution in [0.15, 0.2) is 41.5 Å². The Morgan fingerprint density at radius 3 is 2.86 bits per heavy atom. The average molecular weight is 382 g/mol. The van der Waals surface area contributed by atoms with Gasteiger partial charge in [-0.25, -0.2) is 9.78 Å². The molecule has 1 aromatic heterocycles. The predicted molar refractivity (Wildman–Crippen MR) is 106 cm³/mol. The number of rotatable bonds is 4. The van der Waals surface area contributed by atoms with Gasteiger partial charge in [-0.2, -0.15) is 0 Å². The fraction of sp³-hybridized carbons (Fsp3) is 0.476. The molecule has 2 aliphatic rings. The van der Waals surface area contributed by atoms with E-state index in [-0.39, 0.29) is 11.6 Å². The number of amides is 1. The molecule has 2 fully saturated rings. The number of carbonyl (C=O) groups is 1. The van der Waals surface area contributed by atoms with Crippen molar-refractivity contribution < 1.29 is 9.53 Å². The van der Waals surface area contributed by atoms with Crippen LogP contribution in [0.3, 0.4) is 0 Å². The van der Waals surface area contributed by atoms with Crippen molar-refractivity contribution in [1.82, 2.24) is 19.8 Å². The summed E-state index contributed by atoms with van der Waals surface area (Å²) in [4.78, 5) is 35.0. The zero-order valence-electron chi connectivity index (χ0n) is 16.0. The van der Waals surface area contributed by atoms with Crippen molar-refractivity contribution >= 4 is 5.91 Å². The van der Waals surface area contributed by atoms with Gasteiger partial charge < -0.3 is 14.6 Å². The van der Waals surface area contributed by atoms with E-state index in [1.807, 2.05) is 29.2 Å². The van der Waals surface area contributed by atoms with E-state index in [0.29, 0.717) is 11.5 Å². The summed E-state index contributed by atoms with van der Waals surface area (Å²) in [7, 11) is 0. The molecule has 148 valence electrons. The lowest BCUT2D eigenvalue weighted by Crippen LogP contribution is -2.46. The second-order valence-electron chi connectivity index (χ2n) is 7.56. The van der Waals surface area contributed by atoms with Gasteiger partial charge in [-0.3, -0.25) is 9.69 Å². The van der Waals surface area contributed by atoms with E-state index >= 15 is 0 Å². The van der Waals surface area contributed by atoms with Gasteiger partial charge in [0.2, 0.25) is 0 Å². The van der Waals surface area contributed by atoms with Gasteiger partial charge in [0, 0.05) is 56.2 Å². The number of carbonyl (C=O) groups excluding carboxylic acids is 1. The monoisotopic (exact) mass is 382 g/mol. The van der Waals surface area contributed by atoms with E-state index < -0.39 is 0 Å². The number of ether oxygens (including phenoxy) is 1. The Bertz CT molecular complexity index is 855. The summed E-state index contributed by atoms with van der Waals surface area (Å²) in [5.41, 5.74) is 1.96. The van der Waals surface area contributed by atoms with Crippen LogP contribution >= 0.6 is 0 Å². The summed E-state index contributed by atoms with van der Waals surface area (Å²) in [5.74, 6) is 0.591. The molecular formula is C21H26N4O3. The Kier molecular flexibility index (Phi) is 5.83. The molecule has 3 heterocycles. The molecule has 7 nitrogen and oxygen atoms in total. The lowest BCUT2D eigenvalue weighted by Gasteiger charge is -2.36. The van der Waals surface area contributed by atoms with E-state index in [1.54, 1.807) is 6.20 Å². The number of nitrogens with one attached hydrogen (secondary N) is 1. The minimum absolute atomic E-state index is 0.0749. The van der Waals surface area contributed by atoms with E-state index in [1.165, 1.54) is 12.6 Å². The van der Waals surface area contributed by atoms with Crippen molar-refractivity contribution in [3.8, 4) is 11.1 Å². The molecule has 2 aromatic rings. The molecule has 0 bridgehead atoms. The standard InChI is InChI=1S/C21H26N4O3/c26-20(18-5-1-4-17(11-18)19-12-22-21(27)23-13-19)25-6-2-3-16(15-25)14-24-7-9-28-10-8-24/h1,4-5,11-13,16H,2-3,6-10,14-15H2,(H,22,23,27)/t16-/m0/s1. The van der Waals surface area contributed by atoms with Crippen molar-refractivity contribution in [2.45, 2.75) is 12.8 Å². The molecule has 1 N–H and O–H groups in total. The molecule has 0 spiro atoms. The number of hydrogen-bond acceptors (Lipinski definition) is 5. The minimum atomic E-state index is -0.379. The van der Waals surface area contributed by atoms with Crippen LogP contribution in [0, 0.1) is 5.92 Å². The number of piperidine rings is 1. The molecule has 2 saturated heterocycles. The number of nitrogens with zero attached hydrogens (tertiary/aromatic N) is 3. The topological polar surface area (TPSA) is 78.5 Å². The smallest absolute Gasteiger partial charge is 0.344 e. The maximum Gasteiger partial charge on any atom is 0.344 e. The van der Waals surface area contributed by atoms with Crippen molar-refractivity contribution in [3.05, 3.63) is 52.7 Å². The molecule has 4 rings (SSSR count). The van der Waals surface area contributed by atoms with Gasteiger partial charge in [-0.05, 0) is 36.5 Å². The highest BCUT2D eigenvalue weighted by molar-refractivity contribution is 5.95. The number of aromatic nitrogens is 2. The van der Waals surface area contributed by atoms with Crippen molar-refractivity contribution in [3.63, 3.8) is 0 Å². The van der Waals surface area contributed by atoms with E-state index in [4.69, 9.17) is 4.74 Å². The molecule has 0 saturated carbocycles. The van der Waals surface area contributed by atoms with E-state index in [2.05, 4.69) is 14.9 Å². The predicted octanol–water partition coefficient (Wildman–Crippen LogP) is 1.62. The third-order valence-electron chi connectivity index (χ3n) is 5.54. The zero-order chi connectivity index (χ0) is 19.3. The summed E-state index contributed by atoms with van der Waals surface area (Å²) in [6.45, 7) is 6.24. The third kappa shape index (κ3) is 4.48. The Hall–Kier alpha value is -2.51. The molecule has 1 atom stereocenters. The summed E-state index contributed by atoms with van der Waals surface area (Å²) in [6.07, 6.45) is 5.37. The first-order valence-corrected chi connectivity index (χ1v) is 9.93. The molecule has 1 amide bonds. The number of hydrogen-bond donors (Lipinski definition) is 1. The van der Waals surface area contributed by atoms with Crippen LogP contribution in [0.4, 0.5) is 0 Å². The first kappa shape index (κ1) is 18.8. The van der Waals surface area contributed by atoms with Gasteiger partial charge in [-0.1, -0.05) is 12.1 Å². The maximum absolute atomic E-state index is 13.1. The molecule has 0 unspecified atom stereocenters. The van der Waals surface area contributed by atoms with Gasteiger partial charge in [0.15, 0.2) is 0 Å². The number of morpholine rings is 1. The van der Waals surface area contributed by atoms with E-state index in [9.17, 15) is 9.59 Å². The number of aromatic amines is 1. The van der Waals surface area contributed by atoms with Crippen molar-refractivity contribution in [2.24, 2.45) is 5.92 Å². The molecule has 7 heteroatoms. The molecule has 28 heavy (non-hydrogen) atoms. The second kappa shape index (κ2) is 8.67. The summed E-state index contributed by atoms with van der Waals surface area (Å²) < 4.78 is 5.43. The first-order chi connectivity index (χ1) is 13.7. The van der Waals surface area contributed by atoms with Crippen LogP contribution in [0.1, 0.15) is 23.2 Å². The Morgan fingerprint density at radius 2 is 2.07 bits per heavy atom. The summed E-state index contributed by atoms with van der Waals surface area (Å²) >= 11 is 0. The Balaban J connectivity index is 1.44. The second-order valence-corrected chi connectivity index (χ2v) is 7.56. The fourth-order valence-electron chi connectivity index (χ4n) is 4.06. The third-order valence-corrected chi connectivity index (χ3v) is 5.54. The highest BCUT2D eigenvalue weighted by Crippen LogP contribution is 2.23. The van der Waals surface area contributed by atoms with Crippen LogP contribution < -0.4 is 5.69 Å². The summed E-state index contributed by atoms with van der Waals surface area (Å²) in [6, 6.07) is 7.53. The number of likely N-dealkylation sites (tertiary alicyclic amines) is 1. The largest absolute Gasteiger partial charge is 0.379 e. The van der Waals surface area contributed by atoms with Gasteiger partial charge in [0.25, 0.3) is 5.91 Å². The summed E-state index contributed by atoms with van der Waals surface area (Å²) in [5, 5.41) is 0. The Morgan fingerprint density at radius 1 is 1.21 bits per heavy atom. The van der Waals surface area contributed by atoms with Gasteiger partial charge in [-0.15, -0.1) is 0 Å². The fourth-order valence-corrected chi connectivity index (χ4v) is 4.06. The normalized spacial score (nSPS) is 20.9. The number of H-pyrrole nitrogens is 1. The molecule has 0 aliphatic carbocycles. The lowest BCUT2D eigenvalue weighted by molar-refractivity contribution is 0.0224. The highest BCUT2D eigenvalue weighted by Gasteiger charge is 2.26. The van der Waals surface area contributed by atoms with Crippen LogP contribution in [0.2, 0.25) is 0 Å². The molecule has 1 aromatic carbocycles. The zero-order valence-corrected chi connectivity index (χ0v) is 16.0. The van der Waals surface area contributed by atoms with Crippen LogP contribution in [-0.2, 0) is 4.74 Å². The molecule has 0 radical (unpaired) electrons. The first-order valence-electron chi connectivity index (χ1n) is 9.93. The lowest BCUT2D eigenvalue weighted by atomic mass is 9.96. The van der Waals surface area contributed by atoms with Crippen LogP contribution in [0.25, 0.3) is 11.1 Å². The average Bonchev–Trinajstić information content (AvgIpc) is 2.75. The maximum atomic E-state index is 13.1.